The Morgan fingerprint density at radius 2 is 2.00 bits per heavy atom. The van der Waals surface area contributed by atoms with Gasteiger partial charge in [0, 0.05) is 11.8 Å². The molecule has 2 aromatic heterocycles. The van der Waals surface area contributed by atoms with Crippen molar-refractivity contribution in [3.8, 4) is 0 Å². The van der Waals surface area contributed by atoms with Crippen LogP contribution < -0.4 is 0 Å². The van der Waals surface area contributed by atoms with Crippen molar-refractivity contribution in [1.29, 1.82) is 0 Å². The predicted octanol–water partition coefficient (Wildman–Crippen LogP) is 3.06. The molecule has 2 aromatic rings. The highest BCUT2D eigenvalue weighted by atomic mass is 19.1. The van der Waals surface area contributed by atoms with Crippen LogP contribution >= 0.6 is 0 Å². The van der Waals surface area contributed by atoms with Crippen molar-refractivity contribution in [3.05, 3.63) is 29.7 Å². The molecule has 0 N–H and O–H groups in total. The van der Waals surface area contributed by atoms with Gasteiger partial charge in [-0.1, -0.05) is 26.8 Å². The summed E-state index contributed by atoms with van der Waals surface area (Å²) in [5.41, 5.74) is 1.80. The third-order valence-electron chi connectivity index (χ3n) is 2.62. The Kier molecular flexibility index (Phi) is 2.45. The van der Waals surface area contributed by atoms with E-state index in [4.69, 9.17) is 0 Å². The molecule has 86 valence electrons. The van der Waals surface area contributed by atoms with Crippen molar-refractivity contribution in [3.63, 3.8) is 0 Å². The number of rotatable bonds is 1. The lowest BCUT2D eigenvalue weighted by atomic mass is 9.88. The second-order valence-corrected chi connectivity index (χ2v) is 5.04. The largest absolute Gasteiger partial charge is 0.284 e. The van der Waals surface area contributed by atoms with Gasteiger partial charge in [-0.3, -0.25) is 4.40 Å². The van der Waals surface area contributed by atoms with Crippen LogP contribution in [0, 0.1) is 0 Å². The van der Waals surface area contributed by atoms with Gasteiger partial charge < -0.3 is 0 Å². The Hall–Kier alpha value is -1.45. The first-order chi connectivity index (χ1) is 7.41. The van der Waals surface area contributed by atoms with Crippen molar-refractivity contribution in [2.45, 2.75) is 39.3 Å². The molecule has 4 heteroatoms. The maximum absolute atomic E-state index is 13.3. The van der Waals surface area contributed by atoms with Crippen LogP contribution in [0.25, 0.3) is 5.65 Å². The van der Waals surface area contributed by atoms with Gasteiger partial charge in [-0.15, -0.1) is 10.2 Å². The molecule has 1 atom stereocenters. The number of hydrogen-bond acceptors (Lipinski definition) is 2. The highest BCUT2D eigenvalue weighted by molar-refractivity contribution is 5.51. The molecule has 0 amide bonds. The molecule has 0 saturated heterocycles. The summed E-state index contributed by atoms with van der Waals surface area (Å²) in [5, 5.41) is 7.99. The fourth-order valence-electron chi connectivity index (χ4n) is 1.79. The quantitative estimate of drug-likeness (QED) is 0.740. The molecule has 0 spiro atoms. The van der Waals surface area contributed by atoms with Crippen molar-refractivity contribution < 1.29 is 4.39 Å². The van der Waals surface area contributed by atoms with Gasteiger partial charge in [0.2, 0.25) is 0 Å². The van der Waals surface area contributed by atoms with Crippen LogP contribution in [0.15, 0.2) is 18.3 Å². The molecule has 0 bridgehead atoms. The van der Waals surface area contributed by atoms with Gasteiger partial charge in [-0.05, 0) is 18.4 Å². The Bertz CT molecular complexity index is 508. The van der Waals surface area contributed by atoms with E-state index in [1.807, 2.05) is 12.1 Å². The van der Waals surface area contributed by atoms with Crippen LogP contribution in [0.2, 0.25) is 0 Å². The van der Waals surface area contributed by atoms with E-state index in [1.54, 1.807) is 10.6 Å². The van der Waals surface area contributed by atoms with Gasteiger partial charge in [0.1, 0.15) is 0 Å². The molecule has 0 radical (unpaired) electrons. The van der Waals surface area contributed by atoms with E-state index >= 15 is 0 Å². The van der Waals surface area contributed by atoms with E-state index in [9.17, 15) is 4.39 Å². The molecular weight excluding hydrogens is 205 g/mol. The zero-order valence-corrected chi connectivity index (χ0v) is 10.0. The first kappa shape index (κ1) is 11.0. The molecule has 0 aromatic carbocycles. The highest BCUT2D eigenvalue weighted by Crippen LogP contribution is 2.27. The fourth-order valence-corrected chi connectivity index (χ4v) is 1.79. The smallest absolute Gasteiger partial charge is 0.171 e. The Balaban J connectivity index is 2.72. The standard InChI is InChI=1S/C12H16FN3/c1-8(13)10-14-15-11-9(12(2,3)4)6-5-7-16(10)11/h5-8H,1-4H3. The van der Waals surface area contributed by atoms with Crippen LogP contribution in [-0.2, 0) is 5.41 Å². The van der Waals surface area contributed by atoms with Crippen LogP contribution in [0.5, 0.6) is 0 Å². The lowest BCUT2D eigenvalue weighted by molar-refractivity contribution is 0.354. The first-order valence-electron chi connectivity index (χ1n) is 5.39. The molecule has 0 aliphatic rings. The predicted molar refractivity (Wildman–Crippen MR) is 61.2 cm³/mol. The average Bonchev–Trinajstić information content (AvgIpc) is 2.58. The molecule has 0 aliphatic carbocycles. The molecule has 2 rings (SSSR count). The second-order valence-electron chi connectivity index (χ2n) is 5.04. The van der Waals surface area contributed by atoms with E-state index in [-0.39, 0.29) is 5.41 Å². The summed E-state index contributed by atoms with van der Waals surface area (Å²) in [4.78, 5) is 0. The summed E-state index contributed by atoms with van der Waals surface area (Å²) >= 11 is 0. The minimum Gasteiger partial charge on any atom is -0.284 e. The minimum atomic E-state index is -1.11. The lowest BCUT2D eigenvalue weighted by Gasteiger charge is -2.19. The topological polar surface area (TPSA) is 30.2 Å². The highest BCUT2D eigenvalue weighted by Gasteiger charge is 2.21. The van der Waals surface area contributed by atoms with Gasteiger partial charge in [0.05, 0.1) is 0 Å². The lowest BCUT2D eigenvalue weighted by Crippen LogP contribution is -2.13. The molecule has 0 aliphatic heterocycles. The minimum absolute atomic E-state index is 0.0215. The van der Waals surface area contributed by atoms with E-state index < -0.39 is 6.17 Å². The summed E-state index contributed by atoms with van der Waals surface area (Å²) in [5.74, 6) is 0.362. The molecule has 0 fully saturated rings. The van der Waals surface area contributed by atoms with Crippen LogP contribution in [0.3, 0.4) is 0 Å². The van der Waals surface area contributed by atoms with Crippen molar-refractivity contribution >= 4 is 5.65 Å². The average molecular weight is 221 g/mol. The maximum Gasteiger partial charge on any atom is 0.171 e. The second kappa shape index (κ2) is 3.54. The Morgan fingerprint density at radius 1 is 1.31 bits per heavy atom. The molecule has 2 heterocycles. The van der Waals surface area contributed by atoms with Crippen LogP contribution in [0.1, 0.15) is 45.3 Å². The van der Waals surface area contributed by atoms with Crippen LogP contribution in [-0.4, -0.2) is 14.6 Å². The number of fused-ring (bicyclic) bond motifs is 1. The summed E-state index contributed by atoms with van der Waals surface area (Å²) in [6.07, 6.45) is 0.695. The van der Waals surface area contributed by atoms with E-state index in [2.05, 4.69) is 31.0 Å². The SMILES string of the molecule is CC(F)c1nnc2c(C(C)(C)C)cccn12. The molecule has 16 heavy (non-hydrogen) atoms. The number of pyridine rings is 1. The molecular formula is C12H16FN3. The monoisotopic (exact) mass is 221 g/mol. The van der Waals surface area contributed by atoms with Gasteiger partial charge in [-0.2, -0.15) is 0 Å². The Labute approximate surface area is 94.3 Å². The van der Waals surface area contributed by atoms with Gasteiger partial charge in [-0.25, -0.2) is 4.39 Å². The third-order valence-corrected chi connectivity index (χ3v) is 2.62. The number of halogens is 1. The third kappa shape index (κ3) is 1.68. The van der Waals surface area contributed by atoms with E-state index in [0.29, 0.717) is 5.82 Å². The summed E-state index contributed by atoms with van der Waals surface area (Å²) in [6.45, 7) is 7.79. The van der Waals surface area contributed by atoms with Gasteiger partial charge >= 0.3 is 0 Å². The number of alkyl halides is 1. The number of aromatic nitrogens is 3. The maximum atomic E-state index is 13.3. The zero-order chi connectivity index (χ0) is 11.9. The Morgan fingerprint density at radius 3 is 2.56 bits per heavy atom. The summed E-state index contributed by atoms with van der Waals surface area (Å²) in [7, 11) is 0. The van der Waals surface area contributed by atoms with Crippen LogP contribution in [0.4, 0.5) is 4.39 Å². The number of nitrogens with zero attached hydrogens (tertiary/aromatic N) is 3. The number of hydrogen-bond donors (Lipinski definition) is 0. The van der Waals surface area contributed by atoms with Crippen molar-refractivity contribution in [2.75, 3.05) is 0 Å². The molecule has 0 saturated carbocycles. The zero-order valence-electron chi connectivity index (χ0n) is 10.0. The molecule has 1 unspecified atom stereocenters. The fraction of sp³-hybridized carbons (Fsp3) is 0.500. The van der Waals surface area contributed by atoms with E-state index in [0.717, 1.165) is 11.2 Å². The first-order valence-corrected chi connectivity index (χ1v) is 5.39. The van der Waals surface area contributed by atoms with Gasteiger partial charge in [0.15, 0.2) is 17.6 Å². The van der Waals surface area contributed by atoms with E-state index in [1.165, 1.54) is 6.92 Å². The summed E-state index contributed by atoms with van der Waals surface area (Å²) < 4.78 is 15.0. The normalized spacial score (nSPS) is 14.3. The summed E-state index contributed by atoms with van der Waals surface area (Å²) in [6, 6.07) is 3.92. The van der Waals surface area contributed by atoms with Gasteiger partial charge in [0.25, 0.3) is 0 Å². The van der Waals surface area contributed by atoms with Crippen molar-refractivity contribution in [1.82, 2.24) is 14.6 Å². The van der Waals surface area contributed by atoms with Crippen molar-refractivity contribution in [2.24, 2.45) is 0 Å². The molecule has 3 nitrogen and oxygen atoms in total.